The summed E-state index contributed by atoms with van der Waals surface area (Å²) < 4.78 is 10.4. The monoisotopic (exact) mass is 339 g/mol. The number of methoxy groups -OCH3 is 1. The highest BCUT2D eigenvalue weighted by Crippen LogP contribution is 2.29. The SMILES string of the molecule is COC(=O)c1ccc2c(c1)nc(NCCOC(C)C)c1ccncc12. The van der Waals surface area contributed by atoms with Crippen molar-refractivity contribution >= 4 is 33.5 Å². The highest BCUT2D eigenvalue weighted by Gasteiger charge is 2.12. The van der Waals surface area contributed by atoms with Gasteiger partial charge >= 0.3 is 5.97 Å². The molecule has 1 N–H and O–H groups in total. The lowest BCUT2D eigenvalue weighted by Gasteiger charge is -2.13. The first-order chi connectivity index (χ1) is 12.1. The third kappa shape index (κ3) is 3.69. The molecule has 0 atom stereocenters. The van der Waals surface area contributed by atoms with Crippen LogP contribution in [-0.4, -0.2) is 42.3 Å². The molecule has 0 aliphatic heterocycles. The molecule has 1 aromatic carbocycles. The Labute approximate surface area is 146 Å². The fraction of sp³-hybridized carbons (Fsp3) is 0.316. The Kier molecular flexibility index (Phi) is 5.09. The van der Waals surface area contributed by atoms with Gasteiger partial charge in [0, 0.05) is 35.1 Å². The molecule has 0 saturated carbocycles. The smallest absolute Gasteiger partial charge is 0.337 e. The minimum absolute atomic E-state index is 0.190. The van der Waals surface area contributed by atoms with Crippen LogP contribution in [0.3, 0.4) is 0 Å². The molecule has 0 aliphatic carbocycles. The van der Waals surface area contributed by atoms with Crippen LogP contribution in [0.4, 0.5) is 5.82 Å². The molecule has 6 heteroatoms. The molecule has 3 rings (SSSR count). The molecule has 0 unspecified atom stereocenters. The van der Waals surface area contributed by atoms with Gasteiger partial charge < -0.3 is 14.8 Å². The number of ether oxygens (including phenoxy) is 2. The van der Waals surface area contributed by atoms with Crippen LogP contribution in [0.5, 0.6) is 0 Å². The Morgan fingerprint density at radius 2 is 2.04 bits per heavy atom. The van der Waals surface area contributed by atoms with Crippen LogP contribution >= 0.6 is 0 Å². The first-order valence-corrected chi connectivity index (χ1v) is 8.21. The Bertz CT molecular complexity index is 909. The van der Waals surface area contributed by atoms with E-state index in [0.29, 0.717) is 18.7 Å². The molecule has 2 aromatic heterocycles. The van der Waals surface area contributed by atoms with Crippen molar-refractivity contribution in [1.82, 2.24) is 9.97 Å². The lowest BCUT2D eigenvalue weighted by atomic mass is 10.1. The quantitative estimate of drug-likeness (QED) is 0.421. The zero-order valence-corrected chi connectivity index (χ0v) is 14.6. The predicted octanol–water partition coefficient (Wildman–Crippen LogP) is 3.41. The topological polar surface area (TPSA) is 73.3 Å². The maximum Gasteiger partial charge on any atom is 0.337 e. The number of fused-ring (bicyclic) bond motifs is 3. The lowest BCUT2D eigenvalue weighted by Crippen LogP contribution is -2.14. The second kappa shape index (κ2) is 7.44. The predicted molar refractivity (Wildman–Crippen MR) is 98.0 cm³/mol. The fourth-order valence-electron chi connectivity index (χ4n) is 2.69. The second-order valence-electron chi connectivity index (χ2n) is 5.95. The number of aromatic nitrogens is 2. The number of nitrogens with zero attached hydrogens (tertiary/aromatic N) is 2. The molecule has 0 fully saturated rings. The third-order valence-electron chi connectivity index (χ3n) is 3.86. The van der Waals surface area contributed by atoms with Crippen molar-refractivity contribution in [2.24, 2.45) is 0 Å². The molecule has 6 nitrogen and oxygen atoms in total. The van der Waals surface area contributed by atoms with Crippen molar-refractivity contribution in [2.75, 3.05) is 25.6 Å². The van der Waals surface area contributed by atoms with Gasteiger partial charge in [-0.25, -0.2) is 9.78 Å². The highest BCUT2D eigenvalue weighted by atomic mass is 16.5. The molecule has 2 heterocycles. The average molecular weight is 339 g/mol. The van der Waals surface area contributed by atoms with Gasteiger partial charge in [-0.2, -0.15) is 0 Å². The van der Waals surface area contributed by atoms with E-state index in [-0.39, 0.29) is 12.1 Å². The number of carbonyl (C=O) groups is 1. The molecule has 130 valence electrons. The van der Waals surface area contributed by atoms with E-state index in [9.17, 15) is 4.79 Å². The number of anilines is 1. The van der Waals surface area contributed by atoms with E-state index in [4.69, 9.17) is 14.5 Å². The van der Waals surface area contributed by atoms with Crippen LogP contribution in [-0.2, 0) is 9.47 Å². The van der Waals surface area contributed by atoms with E-state index in [1.807, 2.05) is 32.2 Å². The van der Waals surface area contributed by atoms with Gasteiger partial charge in [-0.3, -0.25) is 4.98 Å². The maximum atomic E-state index is 11.8. The number of hydrogen-bond acceptors (Lipinski definition) is 6. The second-order valence-corrected chi connectivity index (χ2v) is 5.95. The number of esters is 1. The van der Waals surface area contributed by atoms with E-state index in [1.165, 1.54) is 7.11 Å². The van der Waals surface area contributed by atoms with Crippen LogP contribution < -0.4 is 5.32 Å². The van der Waals surface area contributed by atoms with Crippen LogP contribution in [0.25, 0.3) is 21.7 Å². The van der Waals surface area contributed by atoms with Gasteiger partial charge in [-0.05, 0) is 32.0 Å². The molecule has 0 saturated heterocycles. The lowest BCUT2D eigenvalue weighted by molar-refractivity contribution is 0.0601. The van der Waals surface area contributed by atoms with Crippen LogP contribution in [0, 0.1) is 0 Å². The number of nitrogens with one attached hydrogen (secondary N) is 1. The van der Waals surface area contributed by atoms with Crippen molar-refractivity contribution in [1.29, 1.82) is 0 Å². The minimum Gasteiger partial charge on any atom is -0.465 e. The Morgan fingerprint density at radius 3 is 2.80 bits per heavy atom. The van der Waals surface area contributed by atoms with E-state index in [2.05, 4.69) is 10.3 Å². The molecule has 25 heavy (non-hydrogen) atoms. The van der Waals surface area contributed by atoms with Crippen molar-refractivity contribution < 1.29 is 14.3 Å². The summed E-state index contributed by atoms with van der Waals surface area (Å²) in [5.74, 6) is 0.370. The third-order valence-corrected chi connectivity index (χ3v) is 3.86. The first-order valence-electron chi connectivity index (χ1n) is 8.21. The van der Waals surface area contributed by atoms with Gasteiger partial charge in [0.1, 0.15) is 5.82 Å². The normalized spacial score (nSPS) is 11.2. The van der Waals surface area contributed by atoms with Gasteiger partial charge in [0.2, 0.25) is 0 Å². The number of carbonyl (C=O) groups excluding carboxylic acids is 1. The molecular weight excluding hydrogens is 318 g/mol. The first kappa shape index (κ1) is 17.1. The van der Waals surface area contributed by atoms with E-state index >= 15 is 0 Å². The molecule has 0 bridgehead atoms. The fourth-order valence-corrected chi connectivity index (χ4v) is 2.69. The van der Waals surface area contributed by atoms with Gasteiger partial charge in [-0.1, -0.05) is 6.07 Å². The number of pyridine rings is 2. The average Bonchev–Trinajstić information content (AvgIpc) is 2.63. The van der Waals surface area contributed by atoms with Gasteiger partial charge in [0.25, 0.3) is 0 Å². The molecule has 3 aromatic rings. The van der Waals surface area contributed by atoms with Crippen LogP contribution in [0.2, 0.25) is 0 Å². The zero-order valence-electron chi connectivity index (χ0n) is 14.6. The summed E-state index contributed by atoms with van der Waals surface area (Å²) >= 11 is 0. The largest absolute Gasteiger partial charge is 0.465 e. The summed E-state index contributed by atoms with van der Waals surface area (Å²) in [6.45, 7) is 5.24. The number of hydrogen-bond donors (Lipinski definition) is 1. The minimum atomic E-state index is -0.380. The van der Waals surface area contributed by atoms with Gasteiger partial charge in [-0.15, -0.1) is 0 Å². The summed E-state index contributed by atoms with van der Waals surface area (Å²) in [4.78, 5) is 20.7. The van der Waals surface area contributed by atoms with Crippen molar-refractivity contribution in [3.05, 3.63) is 42.2 Å². The Hall–Kier alpha value is -2.73. The summed E-state index contributed by atoms with van der Waals surface area (Å²) in [6.07, 6.45) is 3.75. The van der Waals surface area contributed by atoms with Crippen LogP contribution in [0.1, 0.15) is 24.2 Å². The summed E-state index contributed by atoms with van der Waals surface area (Å²) in [5, 5.41) is 6.23. The van der Waals surface area contributed by atoms with Gasteiger partial charge in [0.15, 0.2) is 0 Å². The van der Waals surface area contributed by atoms with E-state index < -0.39 is 0 Å². The summed E-state index contributed by atoms with van der Waals surface area (Å²) in [7, 11) is 1.37. The summed E-state index contributed by atoms with van der Waals surface area (Å²) in [6, 6.07) is 7.29. The zero-order chi connectivity index (χ0) is 17.8. The maximum absolute atomic E-state index is 11.8. The molecule has 0 spiro atoms. The Balaban J connectivity index is 2.02. The number of rotatable bonds is 6. The van der Waals surface area contributed by atoms with Crippen molar-refractivity contribution in [3.63, 3.8) is 0 Å². The summed E-state index contributed by atoms with van der Waals surface area (Å²) in [5.41, 5.74) is 1.19. The van der Waals surface area contributed by atoms with Gasteiger partial charge in [0.05, 0.1) is 30.9 Å². The molecule has 0 amide bonds. The van der Waals surface area contributed by atoms with E-state index in [0.717, 1.165) is 27.5 Å². The van der Waals surface area contributed by atoms with Crippen molar-refractivity contribution in [3.8, 4) is 0 Å². The van der Waals surface area contributed by atoms with E-state index in [1.54, 1.807) is 18.3 Å². The molecule has 0 radical (unpaired) electrons. The highest BCUT2D eigenvalue weighted by molar-refractivity contribution is 6.10. The standard InChI is InChI=1S/C19H21N3O3/c1-12(2)25-9-8-21-18-15-6-7-20-11-16(15)14-5-4-13(19(23)24-3)10-17(14)22-18/h4-7,10-12H,8-9H2,1-3H3,(H,21,22). The Morgan fingerprint density at radius 1 is 1.20 bits per heavy atom. The van der Waals surface area contributed by atoms with Crippen LogP contribution in [0.15, 0.2) is 36.7 Å². The molecular formula is C19H21N3O3. The van der Waals surface area contributed by atoms with Crippen molar-refractivity contribution in [2.45, 2.75) is 20.0 Å². The number of benzene rings is 1. The molecule has 0 aliphatic rings.